The molecule has 1 aromatic heterocycles. The smallest absolute Gasteiger partial charge is 0.350 e. The van der Waals surface area contributed by atoms with Gasteiger partial charge in [-0.05, 0) is 30.2 Å². The zero-order chi connectivity index (χ0) is 11.5. The molecule has 1 amide bonds. The summed E-state index contributed by atoms with van der Waals surface area (Å²) < 4.78 is 4.63. The molecule has 1 saturated carbocycles. The third-order valence-corrected chi connectivity index (χ3v) is 3.38. The number of thiophene rings is 1. The van der Waals surface area contributed by atoms with Crippen molar-refractivity contribution >= 4 is 28.9 Å². The SMILES string of the molecule is COC(=O)c1sccc1NC(=O)CC1CC1. The molecule has 0 atom stereocenters. The van der Waals surface area contributed by atoms with Gasteiger partial charge in [-0.3, -0.25) is 4.79 Å². The van der Waals surface area contributed by atoms with Gasteiger partial charge < -0.3 is 10.1 Å². The maximum Gasteiger partial charge on any atom is 0.350 e. The standard InChI is InChI=1S/C11H13NO3S/c1-15-11(14)10-8(4-5-16-10)12-9(13)6-7-2-3-7/h4-5,7H,2-3,6H2,1H3,(H,12,13). The van der Waals surface area contributed by atoms with E-state index in [1.165, 1.54) is 18.4 Å². The van der Waals surface area contributed by atoms with Gasteiger partial charge in [0.2, 0.25) is 5.91 Å². The molecule has 16 heavy (non-hydrogen) atoms. The number of hydrogen-bond donors (Lipinski definition) is 1. The zero-order valence-corrected chi connectivity index (χ0v) is 9.80. The minimum atomic E-state index is -0.406. The number of methoxy groups -OCH3 is 1. The summed E-state index contributed by atoms with van der Waals surface area (Å²) in [6.07, 6.45) is 2.83. The van der Waals surface area contributed by atoms with Crippen LogP contribution >= 0.6 is 11.3 Å². The summed E-state index contributed by atoms with van der Waals surface area (Å²) in [6, 6.07) is 1.72. The van der Waals surface area contributed by atoms with Gasteiger partial charge >= 0.3 is 5.97 Å². The Bertz CT molecular complexity index is 409. The van der Waals surface area contributed by atoms with E-state index in [0.717, 1.165) is 12.8 Å². The van der Waals surface area contributed by atoms with Gasteiger partial charge in [-0.2, -0.15) is 0 Å². The molecular weight excluding hydrogens is 226 g/mol. The second-order valence-electron chi connectivity index (χ2n) is 3.85. The molecule has 1 aromatic rings. The summed E-state index contributed by atoms with van der Waals surface area (Å²) >= 11 is 1.27. The van der Waals surface area contributed by atoms with Gasteiger partial charge in [-0.1, -0.05) is 0 Å². The molecule has 86 valence electrons. The van der Waals surface area contributed by atoms with Gasteiger partial charge in [-0.15, -0.1) is 11.3 Å². The molecule has 2 rings (SSSR count). The lowest BCUT2D eigenvalue weighted by molar-refractivity contribution is -0.116. The van der Waals surface area contributed by atoms with Crippen LogP contribution in [0.2, 0.25) is 0 Å². The largest absolute Gasteiger partial charge is 0.465 e. The molecule has 1 N–H and O–H groups in total. The number of nitrogens with one attached hydrogen (secondary N) is 1. The highest BCUT2D eigenvalue weighted by molar-refractivity contribution is 7.12. The molecule has 4 nitrogen and oxygen atoms in total. The fourth-order valence-corrected chi connectivity index (χ4v) is 2.21. The van der Waals surface area contributed by atoms with E-state index in [1.807, 2.05) is 0 Å². The van der Waals surface area contributed by atoms with Crippen LogP contribution in [0, 0.1) is 5.92 Å². The molecule has 1 fully saturated rings. The summed E-state index contributed by atoms with van der Waals surface area (Å²) in [5.74, 6) is 0.114. The van der Waals surface area contributed by atoms with Gasteiger partial charge in [0.15, 0.2) is 0 Å². The first-order chi connectivity index (χ1) is 7.70. The Balaban J connectivity index is 1.99. The average Bonchev–Trinajstić information content (AvgIpc) is 2.94. The van der Waals surface area contributed by atoms with Crippen LogP contribution in [0.15, 0.2) is 11.4 Å². The van der Waals surface area contributed by atoms with E-state index >= 15 is 0 Å². The molecule has 0 bridgehead atoms. The minimum absolute atomic E-state index is 0.0222. The Kier molecular flexibility index (Phi) is 3.24. The topological polar surface area (TPSA) is 55.4 Å². The zero-order valence-electron chi connectivity index (χ0n) is 8.99. The van der Waals surface area contributed by atoms with Gasteiger partial charge in [0.1, 0.15) is 4.88 Å². The molecule has 0 saturated heterocycles. The van der Waals surface area contributed by atoms with E-state index in [0.29, 0.717) is 22.9 Å². The van der Waals surface area contributed by atoms with Crippen molar-refractivity contribution in [2.45, 2.75) is 19.3 Å². The minimum Gasteiger partial charge on any atom is -0.465 e. The Hall–Kier alpha value is -1.36. The van der Waals surface area contributed by atoms with E-state index < -0.39 is 5.97 Å². The van der Waals surface area contributed by atoms with Crippen LogP contribution in [0.4, 0.5) is 5.69 Å². The summed E-state index contributed by atoms with van der Waals surface area (Å²) in [6.45, 7) is 0. The van der Waals surface area contributed by atoms with Gasteiger partial charge in [0.05, 0.1) is 12.8 Å². The van der Waals surface area contributed by atoms with Crippen molar-refractivity contribution in [3.05, 3.63) is 16.3 Å². The molecule has 0 aromatic carbocycles. The van der Waals surface area contributed by atoms with Crippen molar-refractivity contribution < 1.29 is 14.3 Å². The molecule has 0 radical (unpaired) electrons. The summed E-state index contributed by atoms with van der Waals surface area (Å²) in [7, 11) is 1.33. The second kappa shape index (κ2) is 4.65. The number of anilines is 1. The van der Waals surface area contributed by atoms with Crippen LogP contribution < -0.4 is 5.32 Å². The number of hydrogen-bond acceptors (Lipinski definition) is 4. The molecule has 0 spiro atoms. The van der Waals surface area contributed by atoms with E-state index in [2.05, 4.69) is 10.1 Å². The monoisotopic (exact) mass is 239 g/mol. The maximum absolute atomic E-state index is 11.6. The fraction of sp³-hybridized carbons (Fsp3) is 0.455. The third kappa shape index (κ3) is 2.61. The van der Waals surface area contributed by atoms with Gasteiger partial charge in [0.25, 0.3) is 0 Å². The van der Waals surface area contributed by atoms with Crippen LogP contribution in [0.1, 0.15) is 28.9 Å². The fourth-order valence-electron chi connectivity index (χ4n) is 1.44. The van der Waals surface area contributed by atoms with Crippen molar-refractivity contribution in [1.29, 1.82) is 0 Å². The quantitative estimate of drug-likeness (QED) is 0.820. The molecule has 1 heterocycles. The number of ether oxygens (including phenoxy) is 1. The number of amides is 1. The summed E-state index contributed by atoms with van der Waals surface area (Å²) in [4.78, 5) is 23.4. The Morgan fingerprint density at radius 3 is 2.94 bits per heavy atom. The first-order valence-electron chi connectivity index (χ1n) is 5.16. The molecule has 0 aliphatic heterocycles. The lowest BCUT2D eigenvalue weighted by Crippen LogP contribution is -2.13. The van der Waals surface area contributed by atoms with Crippen molar-refractivity contribution in [3.8, 4) is 0 Å². The lowest BCUT2D eigenvalue weighted by atomic mass is 10.2. The number of carbonyl (C=O) groups is 2. The van der Waals surface area contributed by atoms with Crippen LogP contribution in [0.25, 0.3) is 0 Å². The number of esters is 1. The second-order valence-corrected chi connectivity index (χ2v) is 4.77. The van der Waals surface area contributed by atoms with E-state index in [-0.39, 0.29) is 5.91 Å². The van der Waals surface area contributed by atoms with Crippen molar-refractivity contribution in [2.24, 2.45) is 5.92 Å². The first kappa shape index (κ1) is 11.1. The summed E-state index contributed by atoms with van der Waals surface area (Å²) in [5.41, 5.74) is 0.558. The van der Waals surface area contributed by atoms with Crippen LogP contribution in [0.5, 0.6) is 0 Å². The Morgan fingerprint density at radius 2 is 2.31 bits per heavy atom. The molecular formula is C11H13NO3S. The van der Waals surface area contributed by atoms with E-state index in [4.69, 9.17) is 0 Å². The predicted molar refractivity (Wildman–Crippen MR) is 61.6 cm³/mol. The van der Waals surface area contributed by atoms with Crippen molar-refractivity contribution in [1.82, 2.24) is 0 Å². The Labute approximate surface area is 97.6 Å². The van der Waals surface area contributed by atoms with Crippen molar-refractivity contribution in [3.63, 3.8) is 0 Å². The highest BCUT2D eigenvalue weighted by atomic mass is 32.1. The number of carbonyl (C=O) groups excluding carboxylic acids is 2. The predicted octanol–water partition coefficient (Wildman–Crippen LogP) is 2.27. The van der Waals surface area contributed by atoms with E-state index in [9.17, 15) is 9.59 Å². The van der Waals surface area contributed by atoms with Crippen LogP contribution in [-0.4, -0.2) is 19.0 Å². The molecule has 5 heteroatoms. The highest BCUT2D eigenvalue weighted by Gasteiger charge is 2.25. The first-order valence-corrected chi connectivity index (χ1v) is 6.04. The normalized spacial score (nSPS) is 14.6. The van der Waals surface area contributed by atoms with Gasteiger partial charge in [0, 0.05) is 6.42 Å². The van der Waals surface area contributed by atoms with Gasteiger partial charge in [-0.25, -0.2) is 4.79 Å². The lowest BCUT2D eigenvalue weighted by Gasteiger charge is -2.04. The van der Waals surface area contributed by atoms with Crippen molar-refractivity contribution in [2.75, 3.05) is 12.4 Å². The Morgan fingerprint density at radius 1 is 1.56 bits per heavy atom. The van der Waals surface area contributed by atoms with E-state index in [1.54, 1.807) is 11.4 Å². The highest BCUT2D eigenvalue weighted by Crippen LogP contribution is 2.33. The molecule has 0 unspecified atom stereocenters. The third-order valence-electron chi connectivity index (χ3n) is 2.48. The van der Waals surface area contributed by atoms with Crippen LogP contribution in [-0.2, 0) is 9.53 Å². The maximum atomic E-state index is 11.6. The van der Waals surface area contributed by atoms with Crippen LogP contribution in [0.3, 0.4) is 0 Å². The average molecular weight is 239 g/mol. The number of rotatable bonds is 4. The molecule has 1 aliphatic rings. The molecule has 1 aliphatic carbocycles. The summed E-state index contributed by atoms with van der Waals surface area (Å²) in [5, 5.41) is 4.51.